The molecule has 0 aromatic carbocycles. The molecule has 1 saturated heterocycles. The quantitative estimate of drug-likeness (QED) is 0.813. The number of pyridine rings is 1. The molecule has 0 N–H and O–H groups in total. The van der Waals surface area contributed by atoms with Gasteiger partial charge in [-0.1, -0.05) is 13.0 Å². The van der Waals surface area contributed by atoms with Crippen molar-refractivity contribution < 1.29 is 9.59 Å². The molecule has 2 heterocycles. The predicted octanol–water partition coefficient (Wildman–Crippen LogP) is 1.50. The molecule has 1 aliphatic rings. The summed E-state index contributed by atoms with van der Waals surface area (Å²) in [6.07, 6.45) is 3.35. The van der Waals surface area contributed by atoms with E-state index < -0.39 is 0 Å². The lowest BCUT2D eigenvalue weighted by Crippen LogP contribution is -2.55. The second kappa shape index (κ2) is 5.16. The maximum absolute atomic E-state index is 12.1. The monoisotopic (exact) mass is 247 g/mol. The molecule has 0 aliphatic carbocycles. The van der Waals surface area contributed by atoms with E-state index in [1.165, 1.54) is 4.90 Å². The molecule has 0 bridgehead atoms. The molecule has 96 valence electrons. The average molecular weight is 247 g/mol. The lowest BCUT2D eigenvalue weighted by molar-refractivity contribution is -0.135. The van der Waals surface area contributed by atoms with E-state index in [1.54, 1.807) is 23.4 Å². The highest BCUT2D eigenvalue weighted by atomic mass is 16.2. The summed E-state index contributed by atoms with van der Waals surface area (Å²) in [4.78, 5) is 31.2. The molecule has 3 amide bonds. The van der Waals surface area contributed by atoms with Gasteiger partial charge in [-0.2, -0.15) is 0 Å². The van der Waals surface area contributed by atoms with Crippen LogP contribution in [0.2, 0.25) is 0 Å². The number of aromatic nitrogens is 1. The summed E-state index contributed by atoms with van der Waals surface area (Å²) < 4.78 is 0. The number of amides is 3. The van der Waals surface area contributed by atoms with Gasteiger partial charge in [-0.25, -0.2) is 4.79 Å². The Kier molecular flexibility index (Phi) is 3.60. The topological polar surface area (TPSA) is 53.5 Å². The van der Waals surface area contributed by atoms with Gasteiger partial charge in [-0.3, -0.25) is 14.7 Å². The predicted molar refractivity (Wildman–Crippen MR) is 66.6 cm³/mol. The molecule has 18 heavy (non-hydrogen) atoms. The van der Waals surface area contributed by atoms with Gasteiger partial charge in [0.15, 0.2) is 0 Å². The first-order valence-corrected chi connectivity index (χ1v) is 6.12. The van der Waals surface area contributed by atoms with E-state index in [-0.39, 0.29) is 17.9 Å². The van der Waals surface area contributed by atoms with Crippen LogP contribution in [0, 0.1) is 5.92 Å². The van der Waals surface area contributed by atoms with E-state index in [1.807, 2.05) is 19.9 Å². The molecular weight excluding hydrogens is 230 g/mol. The second-order valence-electron chi connectivity index (χ2n) is 4.51. The van der Waals surface area contributed by atoms with Crippen molar-refractivity contribution in [1.29, 1.82) is 0 Å². The molecule has 1 aliphatic heterocycles. The summed E-state index contributed by atoms with van der Waals surface area (Å²) in [7, 11) is 0. The third-order valence-electron chi connectivity index (χ3n) is 3.13. The zero-order valence-electron chi connectivity index (χ0n) is 10.7. The summed E-state index contributed by atoms with van der Waals surface area (Å²) in [5, 5.41) is 0. The third-order valence-corrected chi connectivity index (χ3v) is 3.13. The number of nitrogens with zero attached hydrogens (tertiary/aromatic N) is 3. The van der Waals surface area contributed by atoms with Crippen LogP contribution in [0.1, 0.15) is 19.4 Å². The Morgan fingerprint density at radius 1 is 1.44 bits per heavy atom. The molecule has 1 aromatic rings. The molecule has 5 heteroatoms. The van der Waals surface area contributed by atoms with Crippen LogP contribution in [0.4, 0.5) is 4.79 Å². The summed E-state index contributed by atoms with van der Waals surface area (Å²) in [5.74, 6) is -0.243. The minimum absolute atomic E-state index is 0.103. The van der Waals surface area contributed by atoms with Crippen LogP contribution in [0.25, 0.3) is 0 Å². The standard InChI is InChI=1S/C13H17N3O2/c1-3-15-8-10(2)12(17)16(13(15)18)9-11-5-4-6-14-7-11/h4-7,10H,3,8-9H2,1-2H3/t10-/m0/s1. The third kappa shape index (κ3) is 2.34. The van der Waals surface area contributed by atoms with Crippen molar-refractivity contribution in [3.8, 4) is 0 Å². The van der Waals surface area contributed by atoms with Crippen molar-refractivity contribution >= 4 is 11.9 Å². The van der Waals surface area contributed by atoms with Crippen LogP contribution in [0.5, 0.6) is 0 Å². The van der Waals surface area contributed by atoms with Gasteiger partial charge >= 0.3 is 6.03 Å². The molecule has 1 aromatic heterocycles. The maximum atomic E-state index is 12.1. The van der Waals surface area contributed by atoms with Gasteiger partial charge in [-0.05, 0) is 18.6 Å². The van der Waals surface area contributed by atoms with E-state index in [4.69, 9.17) is 0 Å². The number of carbonyl (C=O) groups excluding carboxylic acids is 2. The van der Waals surface area contributed by atoms with Gasteiger partial charge in [0.1, 0.15) is 0 Å². The highest BCUT2D eigenvalue weighted by molar-refractivity contribution is 5.97. The van der Waals surface area contributed by atoms with Crippen LogP contribution >= 0.6 is 0 Å². The summed E-state index contributed by atoms with van der Waals surface area (Å²) in [6, 6.07) is 3.46. The first kappa shape index (κ1) is 12.5. The molecule has 0 unspecified atom stereocenters. The summed E-state index contributed by atoms with van der Waals surface area (Å²) in [5.41, 5.74) is 0.865. The lowest BCUT2D eigenvalue weighted by Gasteiger charge is -2.36. The minimum Gasteiger partial charge on any atom is -0.324 e. The first-order chi connectivity index (χ1) is 8.63. The smallest absolute Gasteiger partial charge is 0.324 e. The Bertz CT molecular complexity index is 447. The van der Waals surface area contributed by atoms with E-state index in [2.05, 4.69) is 4.98 Å². The highest BCUT2D eigenvalue weighted by Crippen LogP contribution is 2.18. The van der Waals surface area contributed by atoms with Gasteiger partial charge in [0.25, 0.3) is 0 Å². The Morgan fingerprint density at radius 3 is 2.83 bits per heavy atom. The van der Waals surface area contributed by atoms with Crippen LogP contribution in [0.3, 0.4) is 0 Å². The van der Waals surface area contributed by atoms with Crippen LogP contribution in [-0.2, 0) is 11.3 Å². The maximum Gasteiger partial charge on any atom is 0.327 e. The van der Waals surface area contributed by atoms with E-state index in [0.29, 0.717) is 19.6 Å². The fourth-order valence-electron chi connectivity index (χ4n) is 2.10. The molecule has 0 saturated carbocycles. The van der Waals surface area contributed by atoms with E-state index in [9.17, 15) is 9.59 Å². The van der Waals surface area contributed by atoms with Crippen molar-refractivity contribution in [2.24, 2.45) is 5.92 Å². The van der Waals surface area contributed by atoms with Gasteiger partial charge in [0.2, 0.25) is 5.91 Å². The molecule has 0 spiro atoms. The number of carbonyl (C=O) groups is 2. The number of urea groups is 1. The number of hydrogen-bond donors (Lipinski definition) is 0. The van der Waals surface area contributed by atoms with Crippen molar-refractivity contribution in [1.82, 2.24) is 14.8 Å². The molecule has 1 atom stereocenters. The molecule has 2 rings (SSSR count). The number of imide groups is 1. The van der Waals surface area contributed by atoms with Crippen LogP contribution in [0.15, 0.2) is 24.5 Å². The zero-order valence-corrected chi connectivity index (χ0v) is 10.7. The van der Waals surface area contributed by atoms with Crippen molar-refractivity contribution in [3.05, 3.63) is 30.1 Å². The average Bonchev–Trinajstić information content (AvgIpc) is 2.40. The second-order valence-corrected chi connectivity index (χ2v) is 4.51. The Morgan fingerprint density at radius 2 is 2.22 bits per heavy atom. The lowest BCUT2D eigenvalue weighted by atomic mass is 10.1. The Balaban J connectivity index is 2.18. The molecule has 5 nitrogen and oxygen atoms in total. The molecular formula is C13H17N3O2. The van der Waals surface area contributed by atoms with E-state index >= 15 is 0 Å². The fraction of sp³-hybridized carbons (Fsp3) is 0.462. The largest absolute Gasteiger partial charge is 0.327 e. The van der Waals surface area contributed by atoms with Gasteiger partial charge in [0, 0.05) is 25.5 Å². The molecule has 0 radical (unpaired) electrons. The zero-order chi connectivity index (χ0) is 13.1. The van der Waals surface area contributed by atoms with Gasteiger partial charge in [0.05, 0.1) is 12.5 Å². The van der Waals surface area contributed by atoms with Crippen LogP contribution < -0.4 is 0 Å². The summed E-state index contributed by atoms with van der Waals surface area (Å²) in [6.45, 7) is 5.21. The molecule has 1 fully saturated rings. The van der Waals surface area contributed by atoms with E-state index in [0.717, 1.165) is 5.56 Å². The van der Waals surface area contributed by atoms with Crippen LogP contribution in [-0.4, -0.2) is 39.8 Å². The normalized spacial score (nSPS) is 20.4. The highest BCUT2D eigenvalue weighted by Gasteiger charge is 2.35. The SMILES string of the molecule is CCN1C[C@H](C)C(=O)N(Cc2cccnc2)C1=O. The minimum atomic E-state index is -0.204. The first-order valence-electron chi connectivity index (χ1n) is 6.12. The Hall–Kier alpha value is -1.91. The Labute approximate surface area is 106 Å². The number of hydrogen-bond acceptors (Lipinski definition) is 3. The van der Waals surface area contributed by atoms with Crippen molar-refractivity contribution in [2.45, 2.75) is 20.4 Å². The van der Waals surface area contributed by atoms with Gasteiger partial charge < -0.3 is 4.90 Å². The van der Waals surface area contributed by atoms with Crippen molar-refractivity contribution in [3.63, 3.8) is 0 Å². The van der Waals surface area contributed by atoms with Gasteiger partial charge in [-0.15, -0.1) is 0 Å². The fourth-order valence-corrected chi connectivity index (χ4v) is 2.10. The summed E-state index contributed by atoms with van der Waals surface area (Å²) >= 11 is 0. The number of rotatable bonds is 3. The van der Waals surface area contributed by atoms with Crippen molar-refractivity contribution in [2.75, 3.05) is 13.1 Å².